The monoisotopic (exact) mass is 410 g/mol. The van der Waals surface area contributed by atoms with E-state index in [2.05, 4.69) is 20.9 Å². The van der Waals surface area contributed by atoms with E-state index in [4.69, 9.17) is 4.74 Å². The van der Waals surface area contributed by atoms with Gasteiger partial charge in [-0.3, -0.25) is 9.69 Å². The fourth-order valence-corrected chi connectivity index (χ4v) is 3.25. The number of morpholine rings is 1. The van der Waals surface area contributed by atoms with Crippen LogP contribution in [-0.2, 0) is 17.8 Å². The molecular formula is C23H30N4O3. The molecule has 0 atom stereocenters. The van der Waals surface area contributed by atoms with Gasteiger partial charge >= 0.3 is 6.03 Å². The van der Waals surface area contributed by atoms with Crippen LogP contribution < -0.4 is 16.0 Å². The SMILES string of the molecule is CC(C)NC(=O)Nc1ccc(CNC(=O)c2cccc(CN3CCOCC3)c2)cc1. The average Bonchev–Trinajstić information content (AvgIpc) is 2.73. The van der Waals surface area contributed by atoms with Crippen LogP contribution in [0.4, 0.5) is 10.5 Å². The smallest absolute Gasteiger partial charge is 0.319 e. The molecule has 2 aromatic carbocycles. The molecule has 3 rings (SSSR count). The number of anilines is 1. The van der Waals surface area contributed by atoms with Crippen LogP contribution in [0.5, 0.6) is 0 Å². The molecule has 7 heteroatoms. The van der Waals surface area contributed by atoms with E-state index in [1.54, 1.807) is 0 Å². The van der Waals surface area contributed by atoms with Crippen molar-refractivity contribution in [1.82, 2.24) is 15.5 Å². The molecule has 0 aromatic heterocycles. The lowest BCUT2D eigenvalue weighted by atomic mass is 10.1. The lowest BCUT2D eigenvalue weighted by Crippen LogP contribution is -2.35. The second-order valence-corrected chi connectivity index (χ2v) is 7.72. The second-order valence-electron chi connectivity index (χ2n) is 7.72. The quantitative estimate of drug-likeness (QED) is 0.655. The zero-order valence-electron chi connectivity index (χ0n) is 17.6. The van der Waals surface area contributed by atoms with Crippen molar-refractivity contribution in [2.75, 3.05) is 31.6 Å². The van der Waals surface area contributed by atoms with Crippen LogP contribution >= 0.6 is 0 Å². The summed E-state index contributed by atoms with van der Waals surface area (Å²) in [7, 11) is 0. The first-order valence-electron chi connectivity index (χ1n) is 10.3. The van der Waals surface area contributed by atoms with Gasteiger partial charge in [0.05, 0.1) is 13.2 Å². The summed E-state index contributed by atoms with van der Waals surface area (Å²) < 4.78 is 5.39. The normalized spacial score (nSPS) is 14.4. The number of amides is 3. The predicted octanol–water partition coefficient (Wildman–Crippen LogP) is 2.98. The number of rotatable bonds is 7. The minimum absolute atomic E-state index is 0.0758. The maximum absolute atomic E-state index is 12.6. The third-order valence-electron chi connectivity index (χ3n) is 4.78. The van der Waals surface area contributed by atoms with E-state index in [-0.39, 0.29) is 18.0 Å². The van der Waals surface area contributed by atoms with Crippen molar-refractivity contribution in [2.45, 2.75) is 33.0 Å². The summed E-state index contributed by atoms with van der Waals surface area (Å²) in [4.78, 5) is 26.6. The first-order valence-corrected chi connectivity index (χ1v) is 10.3. The summed E-state index contributed by atoms with van der Waals surface area (Å²) in [6.45, 7) is 8.41. The zero-order valence-corrected chi connectivity index (χ0v) is 17.6. The Balaban J connectivity index is 1.50. The zero-order chi connectivity index (χ0) is 21.3. The van der Waals surface area contributed by atoms with Crippen molar-refractivity contribution < 1.29 is 14.3 Å². The van der Waals surface area contributed by atoms with E-state index in [0.717, 1.165) is 44.0 Å². The lowest BCUT2D eigenvalue weighted by Gasteiger charge is -2.26. The summed E-state index contributed by atoms with van der Waals surface area (Å²) in [6, 6.07) is 15.0. The number of benzene rings is 2. The molecule has 2 aromatic rings. The van der Waals surface area contributed by atoms with Crippen molar-refractivity contribution in [3.63, 3.8) is 0 Å². The summed E-state index contributed by atoms with van der Waals surface area (Å²) >= 11 is 0. The Morgan fingerprint density at radius 3 is 2.47 bits per heavy atom. The van der Waals surface area contributed by atoms with Crippen LogP contribution in [0.15, 0.2) is 48.5 Å². The lowest BCUT2D eigenvalue weighted by molar-refractivity contribution is 0.0342. The maximum atomic E-state index is 12.6. The molecule has 1 aliphatic heterocycles. The summed E-state index contributed by atoms with van der Waals surface area (Å²) in [5, 5.41) is 8.52. The number of carbonyl (C=O) groups excluding carboxylic acids is 2. The molecule has 160 valence electrons. The minimum atomic E-state index is -0.233. The van der Waals surface area contributed by atoms with Gasteiger partial charge in [-0.2, -0.15) is 0 Å². The Labute approximate surface area is 177 Å². The molecule has 3 amide bonds. The fraction of sp³-hybridized carbons (Fsp3) is 0.391. The molecule has 1 heterocycles. The first kappa shape index (κ1) is 21.8. The first-order chi connectivity index (χ1) is 14.5. The average molecular weight is 411 g/mol. The number of hydrogen-bond donors (Lipinski definition) is 3. The van der Waals surface area contributed by atoms with Gasteiger partial charge in [0.15, 0.2) is 0 Å². The summed E-state index contributed by atoms with van der Waals surface area (Å²) in [5.41, 5.74) is 3.45. The van der Waals surface area contributed by atoms with Crippen LogP contribution in [0.1, 0.15) is 35.3 Å². The number of nitrogens with one attached hydrogen (secondary N) is 3. The Hall–Kier alpha value is -2.90. The Kier molecular flexibility index (Phi) is 7.82. The van der Waals surface area contributed by atoms with E-state index in [1.165, 1.54) is 0 Å². The van der Waals surface area contributed by atoms with Gasteiger partial charge in [0.2, 0.25) is 0 Å². The van der Waals surface area contributed by atoms with Crippen molar-refractivity contribution >= 4 is 17.6 Å². The van der Waals surface area contributed by atoms with Crippen LogP contribution in [0.25, 0.3) is 0 Å². The van der Waals surface area contributed by atoms with Crippen molar-refractivity contribution in [1.29, 1.82) is 0 Å². The van der Waals surface area contributed by atoms with E-state index >= 15 is 0 Å². The minimum Gasteiger partial charge on any atom is -0.379 e. The van der Waals surface area contributed by atoms with Crippen LogP contribution in [0.3, 0.4) is 0 Å². The fourth-order valence-electron chi connectivity index (χ4n) is 3.25. The molecule has 1 saturated heterocycles. The van der Waals surface area contributed by atoms with Crippen LogP contribution in [-0.4, -0.2) is 49.2 Å². The second kappa shape index (κ2) is 10.8. The summed E-state index contributed by atoms with van der Waals surface area (Å²) in [5.74, 6) is -0.0997. The van der Waals surface area contributed by atoms with Gasteiger partial charge in [-0.05, 0) is 49.2 Å². The molecular weight excluding hydrogens is 380 g/mol. The highest BCUT2D eigenvalue weighted by atomic mass is 16.5. The van der Waals surface area contributed by atoms with Gasteiger partial charge in [0, 0.05) is 43.5 Å². The maximum Gasteiger partial charge on any atom is 0.319 e. The van der Waals surface area contributed by atoms with Gasteiger partial charge in [0.1, 0.15) is 0 Å². The largest absolute Gasteiger partial charge is 0.379 e. The third kappa shape index (κ3) is 6.86. The molecule has 0 bridgehead atoms. The molecule has 1 fully saturated rings. The standard InChI is InChI=1S/C23H30N4O3/c1-17(2)25-23(29)26-21-8-6-18(7-9-21)15-24-22(28)20-5-3-4-19(14-20)16-27-10-12-30-13-11-27/h3-9,14,17H,10-13,15-16H2,1-2H3,(H,24,28)(H2,25,26,29). The van der Waals surface area contributed by atoms with Crippen molar-refractivity contribution in [2.24, 2.45) is 0 Å². The summed E-state index contributed by atoms with van der Waals surface area (Å²) in [6.07, 6.45) is 0. The van der Waals surface area contributed by atoms with Gasteiger partial charge in [-0.1, -0.05) is 24.3 Å². The molecule has 3 N–H and O–H groups in total. The highest BCUT2D eigenvalue weighted by Gasteiger charge is 2.12. The number of hydrogen-bond acceptors (Lipinski definition) is 4. The van der Waals surface area contributed by atoms with Crippen molar-refractivity contribution in [3.05, 3.63) is 65.2 Å². The molecule has 30 heavy (non-hydrogen) atoms. The van der Waals surface area contributed by atoms with E-state index in [9.17, 15) is 9.59 Å². The molecule has 0 spiro atoms. The number of urea groups is 1. The molecule has 0 unspecified atom stereocenters. The van der Waals surface area contributed by atoms with E-state index in [0.29, 0.717) is 17.8 Å². The molecule has 0 radical (unpaired) electrons. The molecule has 1 aliphatic rings. The predicted molar refractivity (Wildman–Crippen MR) is 117 cm³/mol. The van der Waals surface area contributed by atoms with Gasteiger partial charge in [-0.25, -0.2) is 4.79 Å². The van der Waals surface area contributed by atoms with Crippen LogP contribution in [0.2, 0.25) is 0 Å². The number of nitrogens with zero attached hydrogens (tertiary/aromatic N) is 1. The Morgan fingerprint density at radius 2 is 1.77 bits per heavy atom. The third-order valence-corrected chi connectivity index (χ3v) is 4.78. The van der Waals surface area contributed by atoms with Gasteiger partial charge in [-0.15, -0.1) is 0 Å². The highest BCUT2D eigenvalue weighted by Crippen LogP contribution is 2.12. The molecule has 0 saturated carbocycles. The molecule has 7 nitrogen and oxygen atoms in total. The Bertz CT molecular complexity index is 846. The van der Waals surface area contributed by atoms with Crippen molar-refractivity contribution in [3.8, 4) is 0 Å². The van der Waals surface area contributed by atoms with Gasteiger partial charge in [0.25, 0.3) is 5.91 Å². The van der Waals surface area contributed by atoms with E-state index in [1.807, 2.05) is 62.4 Å². The van der Waals surface area contributed by atoms with E-state index < -0.39 is 0 Å². The highest BCUT2D eigenvalue weighted by molar-refractivity contribution is 5.94. The number of carbonyl (C=O) groups is 2. The van der Waals surface area contributed by atoms with Crippen LogP contribution in [0, 0.1) is 0 Å². The molecule has 0 aliphatic carbocycles. The topological polar surface area (TPSA) is 82.7 Å². The Morgan fingerprint density at radius 1 is 1.03 bits per heavy atom. The number of ether oxygens (including phenoxy) is 1. The van der Waals surface area contributed by atoms with Gasteiger partial charge < -0.3 is 20.7 Å².